The highest BCUT2D eigenvalue weighted by Gasteiger charge is 2.42. The van der Waals surface area contributed by atoms with E-state index in [1.54, 1.807) is 6.26 Å². The number of rotatable bonds is 4. The number of hydrogen-bond donors (Lipinski definition) is 0. The van der Waals surface area contributed by atoms with E-state index in [-0.39, 0.29) is 11.1 Å². The van der Waals surface area contributed by atoms with E-state index in [9.17, 15) is 0 Å². The van der Waals surface area contributed by atoms with Crippen LogP contribution in [0, 0.1) is 0 Å². The monoisotopic (exact) mass is 334 g/mol. The van der Waals surface area contributed by atoms with E-state index in [2.05, 4.69) is 58.1 Å². The average molecular weight is 335 g/mol. The smallest absolute Gasteiger partial charge is 0.250 e. The maximum absolute atomic E-state index is 6.47. The van der Waals surface area contributed by atoms with Gasteiger partial charge in [0.25, 0.3) is 0 Å². The van der Waals surface area contributed by atoms with Crippen LogP contribution in [0.4, 0.5) is 0 Å². The molecule has 1 aliphatic heterocycles. The SMILES string of the molecule is CC1(C)OC=C(O[Si](C)(C)C(C)(C)C)C(Cc2ccccc2)O1. The number of ether oxygens (including phenoxy) is 2. The third-order valence-electron chi connectivity index (χ3n) is 4.65. The molecular formula is C19H30O3Si. The molecule has 0 spiro atoms. The number of hydrogen-bond acceptors (Lipinski definition) is 3. The van der Waals surface area contributed by atoms with Crippen LogP contribution >= 0.6 is 0 Å². The Morgan fingerprint density at radius 2 is 1.74 bits per heavy atom. The maximum Gasteiger partial charge on any atom is 0.250 e. The maximum atomic E-state index is 6.47. The van der Waals surface area contributed by atoms with E-state index in [1.807, 2.05) is 19.9 Å². The van der Waals surface area contributed by atoms with Crippen molar-refractivity contribution in [3.8, 4) is 0 Å². The fourth-order valence-electron chi connectivity index (χ4n) is 2.21. The summed E-state index contributed by atoms with van der Waals surface area (Å²) in [4.78, 5) is 0. The molecule has 0 N–H and O–H groups in total. The minimum Gasteiger partial charge on any atom is -0.542 e. The summed E-state index contributed by atoms with van der Waals surface area (Å²) >= 11 is 0. The van der Waals surface area contributed by atoms with E-state index >= 15 is 0 Å². The van der Waals surface area contributed by atoms with Crippen LogP contribution in [0.2, 0.25) is 18.1 Å². The highest BCUT2D eigenvalue weighted by atomic mass is 28.4. The molecule has 0 aromatic heterocycles. The quantitative estimate of drug-likeness (QED) is 0.704. The average Bonchev–Trinajstić information content (AvgIpc) is 2.41. The summed E-state index contributed by atoms with van der Waals surface area (Å²) < 4.78 is 18.3. The molecule has 0 amide bonds. The second-order valence-electron chi connectivity index (χ2n) is 8.20. The number of benzene rings is 1. The van der Waals surface area contributed by atoms with Crippen molar-refractivity contribution < 1.29 is 13.9 Å². The molecule has 0 radical (unpaired) electrons. The van der Waals surface area contributed by atoms with Gasteiger partial charge < -0.3 is 13.9 Å². The third-order valence-corrected chi connectivity index (χ3v) is 9.00. The second-order valence-corrected chi connectivity index (χ2v) is 12.9. The van der Waals surface area contributed by atoms with Crippen LogP contribution in [0.1, 0.15) is 40.2 Å². The summed E-state index contributed by atoms with van der Waals surface area (Å²) in [5.41, 5.74) is 1.24. The predicted octanol–water partition coefficient (Wildman–Crippen LogP) is 5.24. The molecule has 1 aromatic carbocycles. The van der Waals surface area contributed by atoms with Crippen LogP contribution < -0.4 is 0 Å². The normalized spacial score (nSPS) is 21.3. The molecule has 3 nitrogen and oxygen atoms in total. The fourth-order valence-corrected chi connectivity index (χ4v) is 3.29. The summed E-state index contributed by atoms with van der Waals surface area (Å²) in [6, 6.07) is 10.4. The van der Waals surface area contributed by atoms with Gasteiger partial charge in [-0.2, -0.15) is 0 Å². The predicted molar refractivity (Wildman–Crippen MR) is 96.5 cm³/mol. The van der Waals surface area contributed by atoms with Crippen molar-refractivity contribution in [2.45, 2.75) is 71.1 Å². The van der Waals surface area contributed by atoms with Crippen molar-refractivity contribution in [1.82, 2.24) is 0 Å². The van der Waals surface area contributed by atoms with E-state index in [1.165, 1.54) is 5.56 Å². The highest BCUT2D eigenvalue weighted by Crippen LogP contribution is 2.40. The molecule has 0 fully saturated rings. The Morgan fingerprint density at radius 1 is 1.13 bits per heavy atom. The van der Waals surface area contributed by atoms with Gasteiger partial charge in [-0.3, -0.25) is 0 Å². The van der Waals surface area contributed by atoms with Gasteiger partial charge in [0.1, 0.15) is 18.1 Å². The van der Waals surface area contributed by atoms with E-state index < -0.39 is 14.1 Å². The summed E-state index contributed by atoms with van der Waals surface area (Å²) in [5, 5.41) is 0.137. The summed E-state index contributed by atoms with van der Waals surface area (Å²) in [6.07, 6.45) is 2.43. The van der Waals surface area contributed by atoms with Crippen molar-refractivity contribution >= 4 is 8.32 Å². The fraction of sp³-hybridized carbons (Fsp3) is 0.579. The molecule has 1 heterocycles. The zero-order chi connectivity index (χ0) is 17.3. The molecule has 4 heteroatoms. The van der Waals surface area contributed by atoms with Crippen LogP contribution in [0.25, 0.3) is 0 Å². The van der Waals surface area contributed by atoms with Gasteiger partial charge in [-0.05, 0) is 23.7 Å². The van der Waals surface area contributed by atoms with Crippen molar-refractivity contribution in [2.24, 2.45) is 0 Å². The summed E-state index contributed by atoms with van der Waals surface area (Å²) in [6.45, 7) is 15.1. The molecule has 0 saturated carbocycles. The molecule has 1 aliphatic rings. The molecule has 1 aromatic rings. The van der Waals surface area contributed by atoms with Crippen molar-refractivity contribution in [1.29, 1.82) is 0 Å². The van der Waals surface area contributed by atoms with Crippen LogP contribution in [-0.2, 0) is 20.3 Å². The second kappa shape index (κ2) is 6.33. The molecule has 2 rings (SSSR count). The van der Waals surface area contributed by atoms with Crippen LogP contribution in [0.3, 0.4) is 0 Å². The molecule has 0 saturated heterocycles. The highest BCUT2D eigenvalue weighted by molar-refractivity contribution is 6.74. The minimum absolute atomic E-state index is 0.115. The lowest BCUT2D eigenvalue weighted by Gasteiger charge is -2.42. The molecule has 1 unspecified atom stereocenters. The van der Waals surface area contributed by atoms with Gasteiger partial charge in [0.15, 0.2) is 0 Å². The lowest BCUT2D eigenvalue weighted by molar-refractivity contribution is -0.225. The minimum atomic E-state index is -1.93. The van der Waals surface area contributed by atoms with Crippen molar-refractivity contribution in [3.63, 3.8) is 0 Å². The van der Waals surface area contributed by atoms with Crippen molar-refractivity contribution in [2.75, 3.05) is 0 Å². The van der Waals surface area contributed by atoms with E-state index in [4.69, 9.17) is 13.9 Å². The van der Waals surface area contributed by atoms with Gasteiger partial charge in [-0.1, -0.05) is 51.1 Å². The van der Waals surface area contributed by atoms with Gasteiger partial charge >= 0.3 is 0 Å². The van der Waals surface area contributed by atoms with E-state index in [0.717, 1.165) is 12.2 Å². The Labute approximate surface area is 141 Å². The summed E-state index contributed by atoms with van der Waals surface area (Å²) in [5.74, 6) is 0.194. The Hall–Kier alpha value is -1.26. The zero-order valence-electron chi connectivity index (χ0n) is 15.5. The molecule has 1 atom stereocenters. The molecule has 128 valence electrons. The molecule has 0 aliphatic carbocycles. The van der Waals surface area contributed by atoms with Gasteiger partial charge in [0.05, 0.1) is 0 Å². The van der Waals surface area contributed by atoms with Gasteiger partial charge in [-0.15, -0.1) is 0 Å². The zero-order valence-corrected chi connectivity index (χ0v) is 16.5. The molecule has 23 heavy (non-hydrogen) atoms. The Kier molecular flexibility index (Phi) is 4.97. The Balaban J connectivity index is 2.22. The van der Waals surface area contributed by atoms with Gasteiger partial charge in [0, 0.05) is 20.3 Å². The first-order valence-electron chi connectivity index (χ1n) is 8.29. The molecule has 0 bridgehead atoms. The van der Waals surface area contributed by atoms with Gasteiger partial charge in [-0.25, -0.2) is 0 Å². The first-order valence-corrected chi connectivity index (χ1v) is 11.2. The lowest BCUT2D eigenvalue weighted by atomic mass is 10.1. The van der Waals surface area contributed by atoms with Gasteiger partial charge in [0.2, 0.25) is 14.1 Å². The van der Waals surface area contributed by atoms with E-state index in [0.29, 0.717) is 0 Å². The standard InChI is InChI=1S/C19H30O3Si/c1-18(2,3)23(6,7)22-17-14-20-19(4,5)21-16(17)13-15-11-9-8-10-12-15/h8-12,14,16H,13H2,1-7H3. The Morgan fingerprint density at radius 3 is 2.30 bits per heavy atom. The summed E-state index contributed by atoms with van der Waals surface area (Å²) in [7, 11) is -1.93. The largest absolute Gasteiger partial charge is 0.542 e. The third kappa shape index (κ3) is 4.61. The van der Waals surface area contributed by atoms with Crippen LogP contribution in [0.5, 0.6) is 0 Å². The van der Waals surface area contributed by atoms with Crippen LogP contribution in [0.15, 0.2) is 42.4 Å². The molecular weight excluding hydrogens is 304 g/mol. The first-order chi connectivity index (χ1) is 10.5. The Bertz CT molecular complexity index is 556. The van der Waals surface area contributed by atoms with Crippen molar-refractivity contribution in [3.05, 3.63) is 47.9 Å². The van der Waals surface area contributed by atoms with Crippen LogP contribution in [-0.4, -0.2) is 20.2 Å². The topological polar surface area (TPSA) is 27.7 Å². The first kappa shape index (κ1) is 18.1. The lowest BCUT2D eigenvalue weighted by Crippen LogP contribution is -2.45.